The summed E-state index contributed by atoms with van der Waals surface area (Å²) >= 11 is 1.43. The van der Waals surface area contributed by atoms with Gasteiger partial charge in [-0.25, -0.2) is 14.4 Å². The van der Waals surface area contributed by atoms with Crippen molar-refractivity contribution >= 4 is 51.0 Å². The number of thiophene rings is 1. The Morgan fingerprint density at radius 1 is 1.00 bits per heavy atom. The Bertz CT molecular complexity index is 1700. The third-order valence-corrected chi connectivity index (χ3v) is 6.95. The lowest BCUT2D eigenvalue weighted by molar-refractivity contribution is -0.193. The lowest BCUT2D eigenvalue weighted by Crippen LogP contribution is -2.21. The number of amides is 1. The van der Waals surface area contributed by atoms with Crippen LogP contribution in [0.1, 0.15) is 27.9 Å². The number of hydrogen-bond acceptors (Lipinski definition) is 8. The first kappa shape index (κ1) is 37.9. The van der Waals surface area contributed by atoms with E-state index in [2.05, 4.69) is 10.4 Å². The number of hydrogen-bond donors (Lipinski definition) is 5. The number of alkyl halides is 6. The second kappa shape index (κ2) is 15.8. The Balaban J connectivity index is 0.000000459. The molecule has 1 unspecified atom stereocenters. The van der Waals surface area contributed by atoms with Gasteiger partial charge in [0.2, 0.25) is 0 Å². The topological polar surface area (TPSA) is 190 Å². The summed E-state index contributed by atoms with van der Waals surface area (Å²) in [4.78, 5) is 31.0. The molecule has 2 aromatic heterocycles. The van der Waals surface area contributed by atoms with Gasteiger partial charge in [0.15, 0.2) is 6.10 Å². The number of benzene rings is 2. The predicted molar refractivity (Wildman–Crippen MR) is 158 cm³/mol. The maximum atomic E-state index is 12.5. The van der Waals surface area contributed by atoms with Gasteiger partial charge in [-0.05, 0) is 37.6 Å². The van der Waals surface area contributed by atoms with Gasteiger partial charge in [-0.3, -0.25) is 15.4 Å². The Hall–Kier alpha value is -5.33. The monoisotopic (exact) mass is 691 g/mol. The van der Waals surface area contributed by atoms with E-state index in [4.69, 9.17) is 40.4 Å². The zero-order chi connectivity index (χ0) is 35.7. The fraction of sp³-hybridized carbons (Fsp3) is 0.250. The van der Waals surface area contributed by atoms with Crippen molar-refractivity contribution < 1.29 is 60.4 Å². The van der Waals surface area contributed by atoms with Crippen molar-refractivity contribution in [2.24, 2.45) is 12.8 Å². The van der Waals surface area contributed by atoms with Crippen LogP contribution in [0.3, 0.4) is 0 Å². The zero-order valence-corrected chi connectivity index (χ0v) is 25.4. The second-order valence-electron chi connectivity index (χ2n) is 9.21. The molecule has 4 aromatic rings. The summed E-state index contributed by atoms with van der Waals surface area (Å²) in [5.41, 5.74) is 8.74. The minimum absolute atomic E-state index is 0.00823. The van der Waals surface area contributed by atoms with E-state index in [0.29, 0.717) is 22.0 Å². The number of nitrogens with zero attached hydrogens (tertiary/aromatic N) is 2. The van der Waals surface area contributed by atoms with Gasteiger partial charge in [0.05, 0.1) is 22.0 Å². The van der Waals surface area contributed by atoms with Crippen molar-refractivity contribution in [3.05, 3.63) is 76.4 Å². The average Bonchev–Trinajstić information content (AvgIpc) is 3.52. The minimum Gasteiger partial charge on any atom is -0.481 e. The summed E-state index contributed by atoms with van der Waals surface area (Å²) in [6.07, 6.45) is -11.3. The van der Waals surface area contributed by atoms with E-state index in [1.165, 1.54) is 11.3 Å². The van der Waals surface area contributed by atoms with Crippen LogP contribution in [-0.2, 0) is 21.4 Å². The van der Waals surface area contributed by atoms with Gasteiger partial charge in [0.1, 0.15) is 18.2 Å². The van der Waals surface area contributed by atoms with E-state index in [9.17, 15) is 31.1 Å². The fourth-order valence-corrected chi connectivity index (χ4v) is 4.47. The van der Waals surface area contributed by atoms with Crippen molar-refractivity contribution in [2.45, 2.75) is 32.3 Å². The number of anilines is 1. The molecule has 0 fully saturated rings. The first-order valence-corrected chi connectivity index (χ1v) is 13.7. The average molecular weight is 692 g/mol. The minimum atomic E-state index is -5.08. The van der Waals surface area contributed by atoms with Crippen molar-refractivity contribution in [1.82, 2.24) is 9.78 Å². The van der Waals surface area contributed by atoms with E-state index < -0.39 is 36.5 Å². The normalized spacial score (nSPS) is 11.7. The van der Waals surface area contributed by atoms with Crippen LogP contribution < -0.4 is 15.8 Å². The number of nitrogen functional groups attached to an aromatic ring is 1. The fourth-order valence-electron chi connectivity index (χ4n) is 3.53. The molecule has 0 radical (unpaired) electrons. The highest BCUT2D eigenvalue weighted by Crippen LogP contribution is 2.35. The molecule has 254 valence electrons. The number of nitrogens with two attached hydrogens (primary N) is 1. The highest BCUT2D eigenvalue weighted by Gasteiger charge is 2.38. The summed E-state index contributed by atoms with van der Waals surface area (Å²) in [5.74, 6) is -4.86. The first-order chi connectivity index (χ1) is 21.7. The number of rotatable bonds is 7. The molecule has 0 aliphatic carbocycles. The van der Waals surface area contributed by atoms with Gasteiger partial charge in [-0.1, -0.05) is 36.4 Å². The molecule has 47 heavy (non-hydrogen) atoms. The van der Waals surface area contributed by atoms with Crippen molar-refractivity contribution in [3.63, 3.8) is 0 Å². The third kappa shape index (κ3) is 11.2. The van der Waals surface area contributed by atoms with Crippen LogP contribution in [0, 0.1) is 19.3 Å². The maximum absolute atomic E-state index is 12.5. The first-order valence-electron chi connectivity index (χ1n) is 12.8. The Morgan fingerprint density at radius 3 is 2.02 bits per heavy atom. The number of amidine groups is 1. The van der Waals surface area contributed by atoms with Crippen LogP contribution in [0.4, 0.5) is 36.8 Å². The molecular weight excluding hydrogens is 664 g/mol. The zero-order valence-electron chi connectivity index (χ0n) is 24.6. The highest BCUT2D eigenvalue weighted by molar-refractivity contribution is 7.20. The van der Waals surface area contributed by atoms with E-state index in [1.54, 1.807) is 4.68 Å². The summed E-state index contributed by atoms with van der Waals surface area (Å²) < 4.78 is 78.0. The molecular formula is C28H27F6N5O7S. The molecule has 0 saturated carbocycles. The van der Waals surface area contributed by atoms with Gasteiger partial charge >= 0.3 is 30.4 Å². The van der Waals surface area contributed by atoms with Crippen molar-refractivity contribution in [1.29, 1.82) is 5.41 Å². The van der Waals surface area contributed by atoms with Gasteiger partial charge < -0.3 is 25.4 Å². The number of carbonyl (C=O) groups is 3. The van der Waals surface area contributed by atoms with Crippen molar-refractivity contribution in [3.8, 4) is 5.75 Å². The largest absolute Gasteiger partial charge is 0.490 e. The maximum Gasteiger partial charge on any atom is 0.490 e. The van der Waals surface area contributed by atoms with E-state index in [-0.39, 0.29) is 12.4 Å². The number of aliphatic carboxylic acids is 2. The number of carboxylic acid groups (broad SMARTS) is 2. The van der Waals surface area contributed by atoms with E-state index in [0.717, 1.165) is 21.3 Å². The van der Waals surface area contributed by atoms with E-state index in [1.807, 2.05) is 75.5 Å². The third-order valence-electron chi connectivity index (χ3n) is 5.81. The molecule has 2 heterocycles. The van der Waals surface area contributed by atoms with Crippen LogP contribution >= 0.6 is 11.3 Å². The molecule has 6 N–H and O–H groups in total. The molecule has 0 aliphatic heterocycles. The van der Waals surface area contributed by atoms with Crippen LogP contribution in [0.25, 0.3) is 10.1 Å². The Morgan fingerprint density at radius 2 is 1.55 bits per heavy atom. The predicted octanol–water partition coefficient (Wildman–Crippen LogP) is 6.17. The van der Waals surface area contributed by atoms with E-state index >= 15 is 0 Å². The van der Waals surface area contributed by atoms with Gasteiger partial charge in [-0.2, -0.15) is 31.4 Å². The quantitative estimate of drug-likeness (QED) is 0.0857. The molecule has 12 nitrogen and oxygen atoms in total. The summed E-state index contributed by atoms with van der Waals surface area (Å²) in [6.45, 7) is 3.71. The summed E-state index contributed by atoms with van der Waals surface area (Å²) in [6, 6.07) is 17.1. The molecule has 2 aromatic carbocycles. The Labute approximate surface area is 265 Å². The van der Waals surface area contributed by atoms with Crippen LogP contribution in [-0.4, -0.2) is 62.8 Å². The molecule has 1 atom stereocenters. The van der Waals surface area contributed by atoms with Gasteiger partial charge in [0, 0.05) is 17.1 Å². The number of ether oxygens (including phenoxy) is 2. The molecule has 4 rings (SSSR count). The van der Waals surface area contributed by atoms with Crippen molar-refractivity contribution in [2.75, 3.05) is 11.9 Å². The van der Waals surface area contributed by atoms with Crippen LogP contribution in [0.2, 0.25) is 0 Å². The SMILES string of the molecule is Cc1nn(C)c(C)c1NC(=O)OCC(Oc1cccc2sc(C(=N)N)cc12)c1ccccc1.O=C(O)C(F)(F)F.O=C(O)C(F)(F)F. The number of halogens is 6. The molecule has 1 amide bonds. The lowest BCUT2D eigenvalue weighted by Gasteiger charge is -2.20. The van der Waals surface area contributed by atoms with Crippen LogP contribution in [0.5, 0.6) is 5.75 Å². The highest BCUT2D eigenvalue weighted by atomic mass is 32.1. The second-order valence-corrected chi connectivity index (χ2v) is 10.3. The molecule has 0 spiro atoms. The number of fused-ring (bicyclic) bond motifs is 1. The standard InChI is InChI=1S/C24H25N5O3S.2C2HF3O2/c1-14-22(15(2)29(3)28-14)27-24(30)31-13-19(16-8-5-4-6-9-16)32-18-10-7-11-20-17(18)12-21(33-20)23(25)26;2*3-2(4,5)1(6)7/h4-12,19H,13H2,1-3H3,(H3,25,26)(H,27,30);2*(H,6,7). The van der Waals surface area contributed by atoms with Gasteiger partial charge in [-0.15, -0.1) is 11.3 Å². The number of aromatic nitrogens is 2. The number of aryl methyl sites for hydroxylation is 2. The molecule has 0 aliphatic rings. The number of carbonyl (C=O) groups excluding carboxylic acids is 1. The molecule has 0 bridgehead atoms. The van der Waals surface area contributed by atoms with Gasteiger partial charge in [0.25, 0.3) is 0 Å². The molecule has 0 saturated heterocycles. The van der Waals surface area contributed by atoms with Crippen LogP contribution in [0.15, 0.2) is 54.6 Å². The molecule has 19 heteroatoms. The summed E-state index contributed by atoms with van der Waals surface area (Å²) in [7, 11) is 1.82. The smallest absolute Gasteiger partial charge is 0.481 e. The lowest BCUT2D eigenvalue weighted by atomic mass is 10.1. The number of nitrogens with one attached hydrogen (secondary N) is 2. The Kier molecular flexibility index (Phi) is 12.7. The number of carboxylic acids is 2. The summed E-state index contributed by atoms with van der Waals surface area (Å²) in [5, 5.41) is 29.9.